The normalized spacial score (nSPS) is 14.9. The van der Waals surface area contributed by atoms with E-state index in [0.29, 0.717) is 12.2 Å². The first-order valence-corrected chi connectivity index (χ1v) is 6.76. The van der Waals surface area contributed by atoms with E-state index < -0.39 is 0 Å². The van der Waals surface area contributed by atoms with Crippen molar-refractivity contribution in [3.05, 3.63) is 41.7 Å². The third kappa shape index (κ3) is 1.71. The molecule has 3 aromatic rings. The number of H-pyrrole nitrogens is 2. The second kappa shape index (κ2) is 4.23. The van der Waals surface area contributed by atoms with Crippen LogP contribution in [0.25, 0.3) is 22.4 Å². The minimum Gasteiger partial charge on any atom is -0.352 e. The highest BCUT2D eigenvalue weighted by atomic mass is 16.1. The van der Waals surface area contributed by atoms with Crippen molar-refractivity contribution in [1.29, 1.82) is 0 Å². The van der Waals surface area contributed by atoms with Crippen LogP contribution >= 0.6 is 0 Å². The number of carbonyl (C=O) groups is 1. The van der Waals surface area contributed by atoms with E-state index in [4.69, 9.17) is 0 Å². The van der Waals surface area contributed by atoms with Crippen molar-refractivity contribution in [2.45, 2.75) is 12.8 Å². The summed E-state index contributed by atoms with van der Waals surface area (Å²) in [5.41, 5.74) is 3.43. The molecule has 5 nitrogen and oxygen atoms in total. The zero-order valence-corrected chi connectivity index (χ0v) is 10.9. The van der Waals surface area contributed by atoms with Gasteiger partial charge in [-0.25, -0.2) is 4.98 Å². The lowest BCUT2D eigenvalue weighted by Crippen LogP contribution is -2.23. The average Bonchev–Trinajstić information content (AvgIpc) is 3.03. The molecule has 0 bridgehead atoms. The highest BCUT2D eigenvalue weighted by Crippen LogP contribution is 2.24. The molecular weight excluding hydrogens is 252 g/mol. The third-order valence-electron chi connectivity index (χ3n) is 3.67. The summed E-state index contributed by atoms with van der Waals surface area (Å²) >= 11 is 0. The lowest BCUT2D eigenvalue weighted by atomic mass is 10.2. The molecule has 0 radical (unpaired) electrons. The number of aromatic nitrogens is 3. The number of aromatic amines is 2. The fraction of sp³-hybridized carbons (Fsp3) is 0.200. The predicted molar refractivity (Wildman–Crippen MR) is 76.5 cm³/mol. The van der Waals surface area contributed by atoms with Crippen LogP contribution in [0.1, 0.15) is 22.6 Å². The lowest BCUT2D eigenvalue weighted by molar-refractivity contribution is 0.0951. The van der Waals surface area contributed by atoms with E-state index in [1.54, 1.807) is 0 Å². The SMILES string of the molecule is O=C1NCCCc2[nH]c(-c3cc4ccccc4[nH]3)nc21. The topological polar surface area (TPSA) is 73.6 Å². The Morgan fingerprint density at radius 1 is 1.15 bits per heavy atom. The number of nitrogens with zero attached hydrogens (tertiary/aromatic N) is 1. The zero-order valence-electron chi connectivity index (χ0n) is 10.9. The third-order valence-corrected chi connectivity index (χ3v) is 3.67. The summed E-state index contributed by atoms with van der Waals surface area (Å²) in [5.74, 6) is 0.638. The van der Waals surface area contributed by atoms with Gasteiger partial charge in [0.15, 0.2) is 5.82 Å². The number of imidazole rings is 1. The summed E-state index contributed by atoms with van der Waals surface area (Å²) in [5, 5.41) is 4.00. The summed E-state index contributed by atoms with van der Waals surface area (Å²) in [6, 6.07) is 10.1. The molecule has 0 saturated carbocycles. The van der Waals surface area contributed by atoms with Gasteiger partial charge < -0.3 is 15.3 Å². The first-order valence-electron chi connectivity index (χ1n) is 6.76. The van der Waals surface area contributed by atoms with Gasteiger partial charge in [-0.3, -0.25) is 4.79 Å². The fourth-order valence-corrected chi connectivity index (χ4v) is 2.66. The van der Waals surface area contributed by atoms with Crippen LogP contribution in [0.4, 0.5) is 0 Å². The van der Waals surface area contributed by atoms with E-state index in [1.165, 1.54) is 0 Å². The molecule has 5 heteroatoms. The van der Waals surface area contributed by atoms with E-state index in [2.05, 4.69) is 26.3 Å². The second-order valence-corrected chi connectivity index (χ2v) is 5.04. The number of hydrogen-bond donors (Lipinski definition) is 3. The van der Waals surface area contributed by atoms with Gasteiger partial charge in [0.1, 0.15) is 5.69 Å². The molecule has 100 valence electrons. The molecule has 0 unspecified atom stereocenters. The molecule has 0 atom stereocenters. The largest absolute Gasteiger partial charge is 0.352 e. The number of carbonyl (C=O) groups excluding carboxylic acids is 1. The Kier molecular flexibility index (Phi) is 2.39. The minimum atomic E-state index is -0.0869. The summed E-state index contributed by atoms with van der Waals surface area (Å²) in [7, 11) is 0. The Morgan fingerprint density at radius 2 is 2.05 bits per heavy atom. The number of rotatable bonds is 1. The fourth-order valence-electron chi connectivity index (χ4n) is 2.66. The number of para-hydroxylation sites is 1. The first-order chi connectivity index (χ1) is 9.81. The Bertz CT molecular complexity index is 766. The van der Waals surface area contributed by atoms with Gasteiger partial charge in [-0.2, -0.15) is 0 Å². The molecule has 0 saturated heterocycles. The number of aryl methyl sites for hydroxylation is 1. The van der Waals surface area contributed by atoms with Crippen molar-refractivity contribution in [3.8, 4) is 11.5 Å². The average molecular weight is 266 g/mol. The predicted octanol–water partition coefficient (Wildman–Crippen LogP) is 2.23. The molecule has 0 aliphatic carbocycles. The van der Waals surface area contributed by atoms with Crippen molar-refractivity contribution in [2.75, 3.05) is 6.54 Å². The van der Waals surface area contributed by atoms with Gasteiger partial charge in [-0.05, 0) is 25.0 Å². The van der Waals surface area contributed by atoms with Crippen LogP contribution in [0.15, 0.2) is 30.3 Å². The van der Waals surface area contributed by atoms with Crippen molar-refractivity contribution in [3.63, 3.8) is 0 Å². The Hall–Kier alpha value is -2.56. The minimum absolute atomic E-state index is 0.0869. The van der Waals surface area contributed by atoms with Crippen LogP contribution in [0, 0.1) is 0 Å². The Labute approximate surface area is 115 Å². The van der Waals surface area contributed by atoms with Gasteiger partial charge in [0, 0.05) is 23.1 Å². The molecule has 20 heavy (non-hydrogen) atoms. The maximum absolute atomic E-state index is 11.9. The van der Waals surface area contributed by atoms with E-state index in [0.717, 1.165) is 41.0 Å². The Balaban J connectivity index is 1.82. The van der Waals surface area contributed by atoms with E-state index >= 15 is 0 Å². The summed E-state index contributed by atoms with van der Waals surface area (Å²) < 4.78 is 0. The molecule has 3 heterocycles. The molecule has 1 aromatic carbocycles. The van der Waals surface area contributed by atoms with Crippen LogP contribution in [-0.4, -0.2) is 27.4 Å². The number of hydrogen-bond acceptors (Lipinski definition) is 2. The molecule has 0 spiro atoms. The van der Waals surface area contributed by atoms with E-state index in [1.807, 2.05) is 24.3 Å². The van der Waals surface area contributed by atoms with Crippen LogP contribution in [-0.2, 0) is 6.42 Å². The van der Waals surface area contributed by atoms with Crippen LogP contribution in [0.2, 0.25) is 0 Å². The summed E-state index contributed by atoms with van der Waals surface area (Å²) in [6.45, 7) is 0.713. The van der Waals surface area contributed by atoms with E-state index in [9.17, 15) is 4.79 Å². The van der Waals surface area contributed by atoms with Crippen molar-refractivity contribution < 1.29 is 4.79 Å². The quantitative estimate of drug-likeness (QED) is 0.632. The van der Waals surface area contributed by atoms with Gasteiger partial charge in [0.25, 0.3) is 5.91 Å². The lowest BCUT2D eigenvalue weighted by Gasteiger charge is -1.96. The van der Waals surface area contributed by atoms with Crippen LogP contribution in [0.5, 0.6) is 0 Å². The summed E-state index contributed by atoms with van der Waals surface area (Å²) in [4.78, 5) is 23.0. The molecular formula is C15H14N4O. The zero-order chi connectivity index (χ0) is 13.5. The molecule has 0 fully saturated rings. The molecule has 1 amide bonds. The number of nitrogens with one attached hydrogen (secondary N) is 3. The first kappa shape index (κ1) is 11.3. The summed E-state index contributed by atoms with van der Waals surface area (Å²) in [6.07, 6.45) is 1.79. The monoisotopic (exact) mass is 266 g/mol. The van der Waals surface area contributed by atoms with Gasteiger partial charge in [-0.1, -0.05) is 18.2 Å². The van der Waals surface area contributed by atoms with Gasteiger partial charge in [0.2, 0.25) is 0 Å². The standard InChI is InChI=1S/C15H14N4O/c20-15-13-11(6-3-7-16-15)18-14(19-13)12-8-9-4-1-2-5-10(9)17-12/h1-2,4-5,8,17H,3,6-7H2,(H,16,20)(H,18,19). The molecule has 1 aliphatic heterocycles. The molecule has 1 aliphatic rings. The number of amides is 1. The highest BCUT2D eigenvalue weighted by Gasteiger charge is 2.20. The van der Waals surface area contributed by atoms with E-state index in [-0.39, 0.29) is 5.91 Å². The Morgan fingerprint density at radius 3 is 2.95 bits per heavy atom. The van der Waals surface area contributed by atoms with Gasteiger partial charge >= 0.3 is 0 Å². The highest BCUT2D eigenvalue weighted by molar-refractivity contribution is 5.94. The van der Waals surface area contributed by atoms with Crippen molar-refractivity contribution in [2.24, 2.45) is 0 Å². The second-order valence-electron chi connectivity index (χ2n) is 5.04. The van der Waals surface area contributed by atoms with Crippen LogP contribution in [0.3, 0.4) is 0 Å². The smallest absolute Gasteiger partial charge is 0.271 e. The van der Waals surface area contributed by atoms with Crippen molar-refractivity contribution in [1.82, 2.24) is 20.3 Å². The van der Waals surface area contributed by atoms with Gasteiger partial charge in [0.05, 0.1) is 5.69 Å². The van der Waals surface area contributed by atoms with Gasteiger partial charge in [-0.15, -0.1) is 0 Å². The molecule has 3 N–H and O–H groups in total. The maximum atomic E-state index is 11.9. The number of benzene rings is 1. The molecule has 2 aromatic heterocycles. The maximum Gasteiger partial charge on any atom is 0.271 e. The van der Waals surface area contributed by atoms with Crippen LogP contribution < -0.4 is 5.32 Å². The number of fused-ring (bicyclic) bond motifs is 2. The van der Waals surface area contributed by atoms with Crippen molar-refractivity contribution >= 4 is 16.8 Å². The molecule has 4 rings (SSSR count).